The molecule has 2 aromatic rings. The lowest BCUT2D eigenvalue weighted by Gasteiger charge is -2.11. The Morgan fingerprint density at radius 1 is 1.40 bits per heavy atom. The Labute approximate surface area is 126 Å². The molecule has 104 valence electrons. The van der Waals surface area contributed by atoms with Gasteiger partial charge < -0.3 is 10.1 Å². The second kappa shape index (κ2) is 5.89. The van der Waals surface area contributed by atoms with Crippen LogP contribution in [0, 0.1) is 6.92 Å². The fourth-order valence-electron chi connectivity index (χ4n) is 2.37. The largest absolute Gasteiger partial charge is 0.488 e. The van der Waals surface area contributed by atoms with E-state index in [-0.39, 0.29) is 6.10 Å². The molecule has 0 radical (unpaired) electrons. The van der Waals surface area contributed by atoms with E-state index in [1.165, 1.54) is 5.56 Å². The van der Waals surface area contributed by atoms with E-state index < -0.39 is 0 Å². The van der Waals surface area contributed by atoms with Crippen molar-refractivity contribution in [3.8, 4) is 5.75 Å². The maximum Gasteiger partial charge on any atom is 0.125 e. The predicted molar refractivity (Wildman–Crippen MR) is 80.7 cm³/mol. The molecule has 1 aliphatic rings. The van der Waals surface area contributed by atoms with Crippen LogP contribution in [0.5, 0.6) is 5.75 Å². The third kappa shape index (κ3) is 3.16. The minimum atomic E-state index is 0.197. The van der Waals surface area contributed by atoms with Crippen LogP contribution in [0.3, 0.4) is 0 Å². The highest BCUT2D eigenvalue weighted by Crippen LogP contribution is 2.30. The Balaban J connectivity index is 1.51. The van der Waals surface area contributed by atoms with Crippen molar-refractivity contribution in [2.45, 2.75) is 26.0 Å². The van der Waals surface area contributed by atoms with E-state index in [9.17, 15) is 0 Å². The number of nitrogens with zero attached hydrogens (tertiary/aromatic N) is 2. The number of fused-ring (bicyclic) bond motifs is 1. The minimum absolute atomic E-state index is 0.197. The zero-order chi connectivity index (χ0) is 13.9. The fourth-order valence-corrected chi connectivity index (χ4v) is 2.78. The van der Waals surface area contributed by atoms with Gasteiger partial charge in [-0.25, -0.2) is 9.97 Å². The molecular formula is C15H16BrN3O. The van der Waals surface area contributed by atoms with Gasteiger partial charge in [0.15, 0.2) is 0 Å². The van der Waals surface area contributed by atoms with Crippen LogP contribution in [0.2, 0.25) is 0 Å². The van der Waals surface area contributed by atoms with Crippen LogP contribution in [0.25, 0.3) is 0 Å². The standard InChI is InChI=1S/C15H16BrN3O/c1-10-18-5-4-13(19-10)8-17-9-14-7-11-6-12(16)2-3-15(11)20-14/h2-6,14,17H,7-9H2,1H3. The molecule has 2 heterocycles. The fraction of sp³-hybridized carbons (Fsp3) is 0.333. The molecule has 4 nitrogen and oxygen atoms in total. The smallest absolute Gasteiger partial charge is 0.125 e. The predicted octanol–water partition coefficient (Wildman–Crippen LogP) is 2.64. The molecule has 0 amide bonds. The van der Waals surface area contributed by atoms with Crippen LogP contribution >= 0.6 is 15.9 Å². The first-order valence-electron chi connectivity index (χ1n) is 6.65. The van der Waals surface area contributed by atoms with Crippen molar-refractivity contribution in [3.05, 3.63) is 52.0 Å². The van der Waals surface area contributed by atoms with Gasteiger partial charge in [-0.1, -0.05) is 15.9 Å². The van der Waals surface area contributed by atoms with E-state index in [4.69, 9.17) is 4.74 Å². The van der Waals surface area contributed by atoms with Gasteiger partial charge in [0, 0.05) is 30.2 Å². The van der Waals surface area contributed by atoms with E-state index in [1.807, 2.05) is 25.1 Å². The number of ether oxygens (including phenoxy) is 1. The number of aryl methyl sites for hydroxylation is 1. The molecule has 0 saturated heterocycles. The number of rotatable bonds is 4. The molecule has 0 saturated carbocycles. The molecule has 1 aromatic carbocycles. The molecule has 1 atom stereocenters. The molecule has 1 aliphatic heterocycles. The number of benzene rings is 1. The number of hydrogen-bond acceptors (Lipinski definition) is 4. The highest BCUT2D eigenvalue weighted by Gasteiger charge is 2.22. The quantitative estimate of drug-likeness (QED) is 0.934. The van der Waals surface area contributed by atoms with Crippen molar-refractivity contribution in [2.75, 3.05) is 6.54 Å². The summed E-state index contributed by atoms with van der Waals surface area (Å²) in [6, 6.07) is 8.09. The lowest BCUT2D eigenvalue weighted by atomic mass is 10.1. The van der Waals surface area contributed by atoms with E-state index >= 15 is 0 Å². The lowest BCUT2D eigenvalue weighted by Crippen LogP contribution is -2.30. The van der Waals surface area contributed by atoms with Crippen LogP contribution in [-0.4, -0.2) is 22.6 Å². The minimum Gasteiger partial charge on any atom is -0.488 e. The summed E-state index contributed by atoms with van der Waals surface area (Å²) in [7, 11) is 0. The monoisotopic (exact) mass is 333 g/mol. The van der Waals surface area contributed by atoms with Gasteiger partial charge in [-0.2, -0.15) is 0 Å². The van der Waals surface area contributed by atoms with Gasteiger partial charge >= 0.3 is 0 Å². The lowest BCUT2D eigenvalue weighted by molar-refractivity contribution is 0.227. The second-order valence-corrected chi connectivity index (χ2v) is 5.84. The van der Waals surface area contributed by atoms with Crippen LogP contribution in [0.4, 0.5) is 0 Å². The summed E-state index contributed by atoms with van der Waals surface area (Å²) < 4.78 is 7.01. The Bertz CT molecular complexity index is 618. The summed E-state index contributed by atoms with van der Waals surface area (Å²) in [4.78, 5) is 8.46. The first kappa shape index (κ1) is 13.5. The zero-order valence-corrected chi connectivity index (χ0v) is 12.9. The van der Waals surface area contributed by atoms with Gasteiger partial charge in [0.1, 0.15) is 17.7 Å². The molecule has 1 aromatic heterocycles. The summed E-state index contributed by atoms with van der Waals surface area (Å²) >= 11 is 3.49. The summed E-state index contributed by atoms with van der Waals surface area (Å²) in [6.07, 6.45) is 2.94. The normalized spacial score (nSPS) is 16.8. The summed E-state index contributed by atoms with van der Waals surface area (Å²) in [5.41, 5.74) is 2.28. The highest BCUT2D eigenvalue weighted by atomic mass is 79.9. The van der Waals surface area contributed by atoms with Gasteiger partial charge in [-0.15, -0.1) is 0 Å². The Kier molecular flexibility index (Phi) is 3.98. The van der Waals surface area contributed by atoms with Gasteiger partial charge in [-0.05, 0) is 36.8 Å². The molecule has 1 unspecified atom stereocenters. The van der Waals surface area contributed by atoms with E-state index in [0.29, 0.717) is 0 Å². The van der Waals surface area contributed by atoms with Crippen LogP contribution in [-0.2, 0) is 13.0 Å². The maximum atomic E-state index is 5.91. The molecule has 1 N–H and O–H groups in total. The van der Waals surface area contributed by atoms with Crippen molar-refractivity contribution in [3.63, 3.8) is 0 Å². The molecule has 0 aliphatic carbocycles. The number of aromatic nitrogens is 2. The van der Waals surface area contributed by atoms with Gasteiger partial charge in [0.2, 0.25) is 0 Å². The van der Waals surface area contributed by atoms with Crippen LogP contribution < -0.4 is 10.1 Å². The average molecular weight is 334 g/mol. The third-order valence-electron chi connectivity index (χ3n) is 3.28. The molecule has 3 rings (SSSR count). The summed E-state index contributed by atoms with van der Waals surface area (Å²) in [5.74, 6) is 1.80. The SMILES string of the molecule is Cc1nccc(CNCC2Cc3cc(Br)ccc3O2)n1. The summed E-state index contributed by atoms with van der Waals surface area (Å²) in [5, 5.41) is 3.39. The molecule has 20 heavy (non-hydrogen) atoms. The van der Waals surface area contributed by atoms with Gasteiger partial charge in [0.05, 0.1) is 5.69 Å². The van der Waals surface area contributed by atoms with Gasteiger partial charge in [0.25, 0.3) is 0 Å². The van der Waals surface area contributed by atoms with Crippen molar-refractivity contribution >= 4 is 15.9 Å². The Morgan fingerprint density at radius 2 is 2.30 bits per heavy atom. The van der Waals surface area contributed by atoms with Crippen LogP contribution in [0.1, 0.15) is 17.1 Å². The Hall–Kier alpha value is -1.46. The third-order valence-corrected chi connectivity index (χ3v) is 3.77. The molecular weight excluding hydrogens is 318 g/mol. The zero-order valence-electron chi connectivity index (χ0n) is 11.3. The van der Waals surface area contributed by atoms with E-state index in [2.05, 4.69) is 37.3 Å². The van der Waals surface area contributed by atoms with E-state index in [1.54, 1.807) is 6.20 Å². The van der Waals surface area contributed by atoms with Crippen molar-refractivity contribution in [1.29, 1.82) is 0 Å². The van der Waals surface area contributed by atoms with Gasteiger partial charge in [-0.3, -0.25) is 0 Å². The first-order chi connectivity index (χ1) is 9.70. The molecule has 0 bridgehead atoms. The number of hydrogen-bond donors (Lipinski definition) is 1. The van der Waals surface area contributed by atoms with Crippen molar-refractivity contribution < 1.29 is 4.74 Å². The summed E-state index contributed by atoms with van der Waals surface area (Å²) in [6.45, 7) is 3.46. The Morgan fingerprint density at radius 3 is 3.15 bits per heavy atom. The van der Waals surface area contributed by atoms with Crippen LogP contribution in [0.15, 0.2) is 34.9 Å². The molecule has 5 heteroatoms. The topological polar surface area (TPSA) is 47.0 Å². The van der Waals surface area contributed by atoms with Crippen molar-refractivity contribution in [1.82, 2.24) is 15.3 Å². The second-order valence-electron chi connectivity index (χ2n) is 4.92. The van der Waals surface area contributed by atoms with Crippen molar-refractivity contribution in [2.24, 2.45) is 0 Å². The number of halogens is 1. The first-order valence-corrected chi connectivity index (χ1v) is 7.44. The maximum absolute atomic E-state index is 5.91. The highest BCUT2D eigenvalue weighted by molar-refractivity contribution is 9.10. The molecule has 0 fully saturated rings. The average Bonchev–Trinajstić information content (AvgIpc) is 2.80. The van der Waals surface area contributed by atoms with E-state index in [0.717, 1.165) is 41.3 Å². The number of nitrogens with one attached hydrogen (secondary N) is 1. The molecule has 0 spiro atoms.